The second-order valence-electron chi connectivity index (χ2n) is 5.68. The minimum absolute atomic E-state index is 0.584. The maximum absolute atomic E-state index is 6.25. The van der Waals surface area contributed by atoms with Crippen LogP contribution in [0.3, 0.4) is 0 Å². The van der Waals surface area contributed by atoms with Gasteiger partial charge in [-0.3, -0.25) is 0 Å². The molecular formula is C17H25N5. The number of aryl methyl sites for hydroxylation is 2. The molecule has 0 radical (unpaired) electrons. The molecule has 118 valence electrons. The second-order valence-corrected chi connectivity index (χ2v) is 5.68. The van der Waals surface area contributed by atoms with Gasteiger partial charge in [0, 0.05) is 19.3 Å². The zero-order valence-electron chi connectivity index (χ0n) is 13.8. The van der Waals surface area contributed by atoms with E-state index in [4.69, 9.17) is 5.73 Å². The Bertz CT molecular complexity index is 639. The first-order valence-electron chi connectivity index (χ1n) is 7.68. The first kappa shape index (κ1) is 16.1. The molecule has 2 aromatic rings. The van der Waals surface area contributed by atoms with E-state index < -0.39 is 0 Å². The van der Waals surface area contributed by atoms with Crippen LogP contribution in [0, 0.1) is 13.8 Å². The topological polar surface area (TPSA) is 67.1 Å². The summed E-state index contributed by atoms with van der Waals surface area (Å²) in [7, 11) is 2.01. The molecular weight excluding hydrogens is 274 g/mol. The average molecular weight is 299 g/mol. The van der Waals surface area contributed by atoms with Gasteiger partial charge in [0.1, 0.15) is 12.0 Å². The number of hydrogen-bond acceptors (Lipinski definition) is 5. The summed E-state index contributed by atoms with van der Waals surface area (Å²) in [5.41, 5.74) is 10.3. The van der Waals surface area contributed by atoms with Crippen LogP contribution in [-0.4, -0.2) is 23.6 Å². The van der Waals surface area contributed by atoms with Gasteiger partial charge in [0.25, 0.3) is 0 Å². The van der Waals surface area contributed by atoms with E-state index >= 15 is 0 Å². The Kier molecular flexibility index (Phi) is 5.20. The van der Waals surface area contributed by atoms with E-state index in [1.165, 1.54) is 11.1 Å². The third-order valence-electron chi connectivity index (χ3n) is 3.71. The van der Waals surface area contributed by atoms with Crippen molar-refractivity contribution in [2.24, 2.45) is 0 Å². The summed E-state index contributed by atoms with van der Waals surface area (Å²) >= 11 is 0. The highest BCUT2D eigenvalue weighted by Gasteiger charge is 2.12. The third kappa shape index (κ3) is 3.67. The monoisotopic (exact) mass is 299 g/mol. The molecule has 5 heteroatoms. The molecule has 0 bridgehead atoms. The van der Waals surface area contributed by atoms with Gasteiger partial charge in [-0.1, -0.05) is 31.0 Å². The largest absolute Gasteiger partial charge is 0.393 e. The van der Waals surface area contributed by atoms with Crippen molar-refractivity contribution in [1.82, 2.24) is 9.97 Å². The minimum atomic E-state index is 0.584. The van der Waals surface area contributed by atoms with Crippen LogP contribution in [0.2, 0.25) is 0 Å². The van der Waals surface area contributed by atoms with Crippen LogP contribution in [0.25, 0.3) is 0 Å². The van der Waals surface area contributed by atoms with Gasteiger partial charge in [0.15, 0.2) is 11.6 Å². The van der Waals surface area contributed by atoms with Crippen molar-refractivity contribution in [2.45, 2.75) is 33.6 Å². The molecule has 0 aliphatic heterocycles. The Morgan fingerprint density at radius 2 is 2.00 bits per heavy atom. The third-order valence-corrected chi connectivity index (χ3v) is 3.71. The van der Waals surface area contributed by atoms with Crippen LogP contribution in [0.15, 0.2) is 24.5 Å². The second kappa shape index (κ2) is 7.11. The number of rotatable bonds is 6. The normalized spacial score (nSPS) is 10.5. The lowest BCUT2D eigenvalue weighted by atomic mass is 10.1. The first-order chi connectivity index (χ1) is 10.5. The molecule has 3 N–H and O–H groups in total. The molecule has 1 aromatic carbocycles. The number of hydrogen-bond donors (Lipinski definition) is 2. The summed E-state index contributed by atoms with van der Waals surface area (Å²) in [6.07, 6.45) is 3.81. The lowest BCUT2D eigenvalue weighted by Gasteiger charge is -2.21. The average Bonchev–Trinajstić information content (AvgIpc) is 2.49. The lowest BCUT2D eigenvalue weighted by Crippen LogP contribution is -2.21. The fourth-order valence-corrected chi connectivity index (χ4v) is 2.37. The van der Waals surface area contributed by atoms with Crippen LogP contribution >= 0.6 is 0 Å². The van der Waals surface area contributed by atoms with Gasteiger partial charge in [-0.2, -0.15) is 0 Å². The summed E-state index contributed by atoms with van der Waals surface area (Å²) in [6, 6.07) is 6.25. The zero-order valence-corrected chi connectivity index (χ0v) is 13.8. The molecule has 2 rings (SSSR count). The molecule has 0 saturated heterocycles. The molecule has 1 heterocycles. The van der Waals surface area contributed by atoms with Gasteiger partial charge in [-0.05, 0) is 31.9 Å². The summed E-state index contributed by atoms with van der Waals surface area (Å²) < 4.78 is 0. The Morgan fingerprint density at radius 1 is 1.23 bits per heavy atom. The van der Waals surface area contributed by atoms with Crippen molar-refractivity contribution >= 4 is 23.0 Å². The quantitative estimate of drug-likeness (QED) is 0.852. The summed E-state index contributed by atoms with van der Waals surface area (Å²) in [6.45, 7) is 7.25. The number of nitrogens with zero attached hydrogens (tertiary/aromatic N) is 3. The van der Waals surface area contributed by atoms with Gasteiger partial charge in [-0.15, -0.1) is 0 Å². The maximum Gasteiger partial charge on any atom is 0.159 e. The molecule has 22 heavy (non-hydrogen) atoms. The molecule has 0 unspecified atom stereocenters. The summed E-state index contributed by atoms with van der Waals surface area (Å²) in [5.74, 6) is 1.43. The molecule has 0 fully saturated rings. The van der Waals surface area contributed by atoms with E-state index in [9.17, 15) is 0 Å². The van der Waals surface area contributed by atoms with Crippen LogP contribution < -0.4 is 16.0 Å². The number of nitrogen functional groups attached to an aromatic ring is 1. The Labute approximate surface area is 132 Å². The minimum Gasteiger partial charge on any atom is -0.393 e. The molecule has 0 amide bonds. The number of anilines is 4. The molecule has 1 aromatic heterocycles. The lowest BCUT2D eigenvalue weighted by molar-refractivity contribution is 0.759. The van der Waals surface area contributed by atoms with Gasteiger partial charge < -0.3 is 16.0 Å². The molecule has 5 nitrogen and oxygen atoms in total. The van der Waals surface area contributed by atoms with Gasteiger partial charge >= 0.3 is 0 Å². The van der Waals surface area contributed by atoms with E-state index in [1.54, 1.807) is 6.33 Å². The SMILES string of the molecule is CCCCN(C)c1ncnc(Nc2ccc(C)cc2C)c1N. The van der Waals surface area contributed by atoms with Crippen molar-refractivity contribution in [3.05, 3.63) is 35.7 Å². The highest BCUT2D eigenvalue weighted by Crippen LogP contribution is 2.29. The predicted molar refractivity (Wildman–Crippen MR) is 93.8 cm³/mol. The fourth-order valence-electron chi connectivity index (χ4n) is 2.37. The number of nitrogens with two attached hydrogens (primary N) is 1. The Balaban J connectivity index is 2.25. The Hall–Kier alpha value is -2.30. The zero-order chi connectivity index (χ0) is 16.1. The first-order valence-corrected chi connectivity index (χ1v) is 7.68. The van der Waals surface area contributed by atoms with Gasteiger partial charge in [0.05, 0.1) is 0 Å². The van der Waals surface area contributed by atoms with Gasteiger partial charge in [-0.25, -0.2) is 9.97 Å². The van der Waals surface area contributed by atoms with E-state index in [-0.39, 0.29) is 0 Å². The van der Waals surface area contributed by atoms with Crippen molar-refractivity contribution in [3.63, 3.8) is 0 Å². The van der Waals surface area contributed by atoms with Crippen molar-refractivity contribution in [3.8, 4) is 0 Å². The van der Waals surface area contributed by atoms with Crippen LogP contribution in [-0.2, 0) is 0 Å². The van der Waals surface area contributed by atoms with E-state index in [1.807, 2.05) is 13.1 Å². The predicted octanol–water partition coefficient (Wildman–Crippen LogP) is 3.66. The highest BCUT2D eigenvalue weighted by atomic mass is 15.2. The Morgan fingerprint density at radius 3 is 2.68 bits per heavy atom. The number of unbranched alkanes of at least 4 members (excludes halogenated alkanes) is 1. The number of nitrogens with one attached hydrogen (secondary N) is 1. The molecule has 0 spiro atoms. The van der Waals surface area contributed by atoms with Crippen LogP contribution in [0.4, 0.5) is 23.0 Å². The highest BCUT2D eigenvalue weighted by molar-refractivity contribution is 5.78. The molecule has 0 saturated carbocycles. The van der Waals surface area contributed by atoms with Crippen molar-refractivity contribution < 1.29 is 0 Å². The van der Waals surface area contributed by atoms with E-state index in [0.29, 0.717) is 11.5 Å². The van der Waals surface area contributed by atoms with E-state index in [2.05, 4.69) is 53.1 Å². The number of aromatic nitrogens is 2. The standard InChI is InChI=1S/C17H25N5/c1-5-6-9-22(4)17-15(18)16(19-11-20-17)21-14-8-7-12(2)10-13(14)3/h7-8,10-11H,5-6,9,18H2,1-4H3,(H,19,20,21). The number of benzene rings is 1. The maximum atomic E-state index is 6.25. The fraction of sp³-hybridized carbons (Fsp3) is 0.412. The van der Waals surface area contributed by atoms with E-state index in [0.717, 1.165) is 30.9 Å². The smallest absolute Gasteiger partial charge is 0.159 e. The van der Waals surface area contributed by atoms with Crippen molar-refractivity contribution in [2.75, 3.05) is 29.5 Å². The van der Waals surface area contributed by atoms with Crippen LogP contribution in [0.1, 0.15) is 30.9 Å². The van der Waals surface area contributed by atoms with Gasteiger partial charge in [0.2, 0.25) is 0 Å². The molecule has 0 aliphatic rings. The molecule has 0 aliphatic carbocycles. The summed E-state index contributed by atoms with van der Waals surface area (Å²) in [4.78, 5) is 10.7. The summed E-state index contributed by atoms with van der Waals surface area (Å²) in [5, 5.41) is 3.32. The van der Waals surface area contributed by atoms with Crippen LogP contribution in [0.5, 0.6) is 0 Å². The van der Waals surface area contributed by atoms with Crippen molar-refractivity contribution in [1.29, 1.82) is 0 Å². The molecule has 0 atom stereocenters.